The van der Waals surface area contributed by atoms with Gasteiger partial charge in [-0.3, -0.25) is 4.79 Å². The van der Waals surface area contributed by atoms with Gasteiger partial charge in [-0.15, -0.1) is 0 Å². The van der Waals surface area contributed by atoms with Crippen molar-refractivity contribution in [2.75, 3.05) is 11.1 Å². The fraction of sp³-hybridized carbons (Fsp3) is 0.125. The Morgan fingerprint density at radius 2 is 2.00 bits per heavy atom. The van der Waals surface area contributed by atoms with Gasteiger partial charge < -0.3 is 5.73 Å². The minimum Gasteiger partial charge on any atom is -0.397 e. The molecular formula is C8H6BrCl2NO. The number of carbonyl (C=O) groups excluding carboxylic acids is 1. The highest BCUT2D eigenvalue weighted by Gasteiger charge is 2.13. The van der Waals surface area contributed by atoms with Crippen LogP contribution in [0.2, 0.25) is 10.0 Å². The van der Waals surface area contributed by atoms with Gasteiger partial charge in [0.1, 0.15) is 0 Å². The van der Waals surface area contributed by atoms with Gasteiger partial charge in [-0.25, -0.2) is 0 Å². The Balaban J connectivity index is 3.26. The van der Waals surface area contributed by atoms with Crippen molar-refractivity contribution in [2.45, 2.75) is 0 Å². The second-order valence-corrected chi connectivity index (χ2v) is 3.70. The molecule has 0 fully saturated rings. The number of alkyl halides is 1. The maximum absolute atomic E-state index is 11.3. The van der Waals surface area contributed by atoms with Crippen LogP contribution < -0.4 is 5.73 Å². The smallest absolute Gasteiger partial charge is 0.174 e. The van der Waals surface area contributed by atoms with Gasteiger partial charge in [0.15, 0.2) is 5.78 Å². The van der Waals surface area contributed by atoms with Crippen LogP contribution in [0, 0.1) is 0 Å². The van der Waals surface area contributed by atoms with Crippen molar-refractivity contribution < 1.29 is 4.79 Å². The van der Waals surface area contributed by atoms with Gasteiger partial charge in [0.25, 0.3) is 0 Å². The number of halogens is 3. The fourth-order valence-electron chi connectivity index (χ4n) is 0.852. The molecule has 5 heteroatoms. The van der Waals surface area contributed by atoms with E-state index < -0.39 is 0 Å². The lowest BCUT2D eigenvalue weighted by molar-refractivity contribution is 0.102. The SMILES string of the molecule is Nc1ccc(C(=O)CBr)c(Cl)c1Cl. The van der Waals surface area contributed by atoms with Crippen LogP contribution in [0.5, 0.6) is 0 Å². The maximum atomic E-state index is 11.3. The van der Waals surface area contributed by atoms with Crippen LogP contribution >= 0.6 is 39.1 Å². The number of Topliss-reactive ketones (excluding diaryl/α,β-unsaturated/α-hetero) is 1. The number of hydrogen-bond acceptors (Lipinski definition) is 2. The molecule has 2 N–H and O–H groups in total. The molecule has 13 heavy (non-hydrogen) atoms. The average Bonchev–Trinajstić information content (AvgIpc) is 2.13. The Bertz CT molecular complexity index is 354. The normalized spacial score (nSPS) is 10.1. The topological polar surface area (TPSA) is 43.1 Å². The van der Waals surface area contributed by atoms with Crippen LogP contribution in [0.4, 0.5) is 5.69 Å². The zero-order valence-electron chi connectivity index (χ0n) is 6.48. The van der Waals surface area contributed by atoms with Gasteiger partial charge in [0.2, 0.25) is 0 Å². The summed E-state index contributed by atoms with van der Waals surface area (Å²) in [5.41, 5.74) is 6.25. The van der Waals surface area contributed by atoms with Crippen LogP contribution in [-0.4, -0.2) is 11.1 Å². The van der Waals surface area contributed by atoms with Gasteiger partial charge in [-0.1, -0.05) is 39.1 Å². The molecular weight excluding hydrogens is 277 g/mol. The van der Waals surface area contributed by atoms with E-state index in [1.54, 1.807) is 12.1 Å². The highest BCUT2D eigenvalue weighted by atomic mass is 79.9. The first-order valence-electron chi connectivity index (χ1n) is 3.40. The monoisotopic (exact) mass is 281 g/mol. The fourth-order valence-corrected chi connectivity index (χ4v) is 1.60. The van der Waals surface area contributed by atoms with Crippen LogP contribution in [0.15, 0.2) is 12.1 Å². The first kappa shape index (κ1) is 10.8. The summed E-state index contributed by atoms with van der Waals surface area (Å²) in [7, 11) is 0. The molecule has 2 nitrogen and oxygen atoms in total. The second kappa shape index (κ2) is 4.31. The number of rotatable bonds is 2. The lowest BCUT2D eigenvalue weighted by atomic mass is 10.1. The molecule has 0 aromatic heterocycles. The van der Waals surface area contributed by atoms with Gasteiger partial charge in [0.05, 0.1) is 21.1 Å². The zero-order valence-corrected chi connectivity index (χ0v) is 9.58. The van der Waals surface area contributed by atoms with Crippen LogP contribution in [-0.2, 0) is 0 Å². The van der Waals surface area contributed by atoms with E-state index in [0.29, 0.717) is 11.3 Å². The highest BCUT2D eigenvalue weighted by molar-refractivity contribution is 9.09. The minimum atomic E-state index is -0.119. The van der Waals surface area contributed by atoms with Gasteiger partial charge >= 0.3 is 0 Å². The number of hydrogen-bond donors (Lipinski definition) is 1. The molecule has 0 atom stereocenters. The summed E-state index contributed by atoms with van der Waals surface area (Å²) >= 11 is 14.6. The molecule has 0 spiro atoms. The summed E-state index contributed by atoms with van der Waals surface area (Å²) in [6.45, 7) is 0. The molecule has 1 rings (SSSR count). The lowest BCUT2D eigenvalue weighted by Gasteiger charge is -2.04. The predicted octanol–water partition coefficient (Wildman–Crippen LogP) is 3.15. The van der Waals surface area contributed by atoms with Crippen molar-refractivity contribution in [2.24, 2.45) is 0 Å². The third-order valence-electron chi connectivity index (χ3n) is 1.53. The van der Waals surface area contributed by atoms with Crippen LogP contribution in [0.3, 0.4) is 0 Å². The number of ketones is 1. The van der Waals surface area contributed by atoms with Gasteiger partial charge in [0, 0.05) is 5.56 Å². The minimum absolute atomic E-state index is 0.119. The van der Waals surface area contributed by atoms with E-state index in [2.05, 4.69) is 15.9 Å². The average molecular weight is 283 g/mol. The first-order chi connectivity index (χ1) is 6.07. The summed E-state index contributed by atoms with van der Waals surface area (Å²) in [6, 6.07) is 3.12. The number of carbonyl (C=O) groups is 1. The first-order valence-corrected chi connectivity index (χ1v) is 5.28. The Hall–Kier alpha value is -0.250. The molecule has 0 aliphatic rings. The molecule has 0 amide bonds. The Kier molecular flexibility index (Phi) is 3.59. The summed E-state index contributed by atoms with van der Waals surface area (Å²) in [5.74, 6) is -0.119. The molecule has 0 radical (unpaired) electrons. The standard InChI is InChI=1S/C8H6BrCl2NO/c9-3-6(13)4-1-2-5(12)8(11)7(4)10/h1-2H,3,12H2. The number of nitrogen functional groups attached to an aromatic ring is 1. The molecule has 0 saturated carbocycles. The van der Waals surface area contributed by atoms with Crippen LogP contribution in [0.25, 0.3) is 0 Å². The van der Waals surface area contributed by atoms with Crippen LogP contribution in [0.1, 0.15) is 10.4 Å². The van der Waals surface area contributed by atoms with Crippen molar-refractivity contribution in [1.29, 1.82) is 0 Å². The Morgan fingerprint density at radius 1 is 1.38 bits per heavy atom. The van der Waals surface area contributed by atoms with Crippen molar-refractivity contribution in [1.82, 2.24) is 0 Å². The largest absolute Gasteiger partial charge is 0.397 e. The molecule has 0 bridgehead atoms. The van der Waals surface area contributed by atoms with Crippen molar-refractivity contribution >= 4 is 50.6 Å². The van der Waals surface area contributed by atoms with E-state index in [1.807, 2.05) is 0 Å². The molecule has 1 aromatic rings. The summed E-state index contributed by atoms with van der Waals surface area (Å²) in [4.78, 5) is 11.3. The van der Waals surface area contributed by atoms with Crippen molar-refractivity contribution in [3.05, 3.63) is 27.7 Å². The number of anilines is 1. The van der Waals surface area contributed by atoms with Gasteiger partial charge in [-0.05, 0) is 12.1 Å². The molecule has 1 aromatic carbocycles. The van der Waals surface area contributed by atoms with E-state index in [-0.39, 0.29) is 21.2 Å². The lowest BCUT2D eigenvalue weighted by Crippen LogP contribution is -2.02. The predicted molar refractivity (Wildman–Crippen MR) is 59.0 cm³/mol. The summed E-state index contributed by atoms with van der Waals surface area (Å²) < 4.78 is 0. The molecule has 0 unspecified atom stereocenters. The highest BCUT2D eigenvalue weighted by Crippen LogP contribution is 2.31. The number of benzene rings is 1. The molecule has 0 saturated heterocycles. The van der Waals surface area contributed by atoms with Gasteiger partial charge in [-0.2, -0.15) is 0 Å². The van der Waals surface area contributed by atoms with E-state index in [1.165, 1.54) is 0 Å². The summed E-state index contributed by atoms with van der Waals surface area (Å²) in [5, 5.41) is 0.659. The summed E-state index contributed by atoms with van der Waals surface area (Å²) in [6.07, 6.45) is 0. The molecule has 0 aliphatic carbocycles. The second-order valence-electron chi connectivity index (χ2n) is 2.39. The van der Waals surface area contributed by atoms with E-state index in [9.17, 15) is 4.79 Å². The molecule has 0 aliphatic heterocycles. The van der Waals surface area contributed by atoms with E-state index in [0.717, 1.165) is 0 Å². The van der Waals surface area contributed by atoms with Crippen molar-refractivity contribution in [3.63, 3.8) is 0 Å². The Labute approximate surface area is 94.1 Å². The Morgan fingerprint density at radius 3 is 2.54 bits per heavy atom. The van der Waals surface area contributed by atoms with E-state index >= 15 is 0 Å². The zero-order chi connectivity index (χ0) is 10.0. The number of nitrogens with two attached hydrogens (primary N) is 1. The van der Waals surface area contributed by atoms with E-state index in [4.69, 9.17) is 28.9 Å². The molecule has 0 heterocycles. The third kappa shape index (κ3) is 2.16. The quantitative estimate of drug-likeness (QED) is 0.514. The molecule has 70 valence electrons. The maximum Gasteiger partial charge on any atom is 0.174 e. The third-order valence-corrected chi connectivity index (χ3v) is 2.94. The van der Waals surface area contributed by atoms with Crippen molar-refractivity contribution in [3.8, 4) is 0 Å².